The molecule has 0 aliphatic rings. The summed E-state index contributed by atoms with van der Waals surface area (Å²) in [5.41, 5.74) is 20.9. The van der Waals surface area contributed by atoms with Crippen LogP contribution in [0.2, 0.25) is 0 Å². The predicted octanol–water partition coefficient (Wildman–Crippen LogP) is 27.8. The fraction of sp³-hybridized carbons (Fsp3) is 0. The Morgan fingerprint density at radius 3 is 1.50 bits per heavy atom. The van der Waals surface area contributed by atoms with Gasteiger partial charge in [-0.05, 0) is 119 Å². The van der Waals surface area contributed by atoms with Gasteiger partial charge < -0.3 is 19.1 Å². The summed E-state index contributed by atoms with van der Waals surface area (Å²) >= 11 is 7.43. The molecule has 484 valence electrons. The average molecular weight is 1400 g/mol. The molecule has 0 bridgehead atoms. The zero-order chi connectivity index (χ0) is 67.8. The summed E-state index contributed by atoms with van der Waals surface area (Å²) in [6.07, 6.45) is 0. The molecule has 15 aromatic carbocycles. The number of aromatic amines is 2. The molecule has 0 saturated heterocycles. The lowest BCUT2D eigenvalue weighted by atomic mass is 9.96. The third kappa shape index (κ3) is 8.71. The van der Waals surface area contributed by atoms with Crippen LogP contribution in [0, 0.1) is 0 Å². The number of thiophene rings is 4. The molecule has 0 aliphatic carbocycles. The zero-order valence-electron chi connectivity index (χ0n) is 55.4. The standard InChI is InChI=1S/C52H30N4S2.C42H24N2S2/c1-2-11-31(12-3-1)47-51-49(39-17-6-9-20-45(39)57-51)55-52(54-47)32-23-21-30(22-24-32)33-13-10-14-34(27-33)56-43-19-8-5-16-36(43)40-28-41-38-26-25-37-35-15-4-7-18-42(35)53-48(37)50(38)58-46(41)29-44(40)56;1-2-10-25(11-3-1)44-35-16-8-5-12-26(35)31-22-32-33-21-30(24-18-19-28-27-13-6-9-17-37(27)45-38(28)20-24)40-29-14-4-7-15-34(29)43-41(40)42(33)46-39(32)23-36(31)44/h1-29,53H;1-23,43H. The van der Waals surface area contributed by atoms with Crippen LogP contribution >= 0.6 is 45.3 Å². The van der Waals surface area contributed by atoms with Crippen molar-refractivity contribution in [1.29, 1.82) is 0 Å². The summed E-state index contributed by atoms with van der Waals surface area (Å²) in [5, 5.41) is 19.3. The van der Waals surface area contributed by atoms with Crippen molar-refractivity contribution in [3.05, 3.63) is 315 Å². The van der Waals surface area contributed by atoms with Crippen LogP contribution in [0.5, 0.6) is 0 Å². The highest BCUT2D eigenvalue weighted by Crippen LogP contribution is 2.50. The summed E-state index contributed by atoms with van der Waals surface area (Å²) in [4.78, 5) is 18.0. The van der Waals surface area contributed by atoms with Crippen LogP contribution in [0.1, 0.15) is 0 Å². The number of hydrogen-bond donors (Lipinski definition) is 2. The van der Waals surface area contributed by atoms with Gasteiger partial charge >= 0.3 is 0 Å². The van der Waals surface area contributed by atoms with Gasteiger partial charge in [-0.25, -0.2) is 9.97 Å². The van der Waals surface area contributed by atoms with Crippen molar-refractivity contribution in [3.8, 4) is 56.3 Å². The van der Waals surface area contributed by atoms with Crippen molar-refractivity contribution in [1.82, 2.24) is 29.1 Å². The van der Waals surface area contributed by atoms with Crippen LogP contribution in [-0.2, 0) is 0 Å². The number of benzene rings is 15. The summed E-state index contributed by atoms with van der Waals surface area (Å²) in [6, 6.07) is 115. The van der Waals surface area contributed by atoms with Crippen molar-refractivity contribution in [2.75, 3.05) is 0 Å². The summed E-state index contributed by atoms with van der Waals surface area (Å²) < 4.78 is 15.1. The second kappa shape index (κ2) is 22.5. The lowest BCUT2D eigenvalue weighted by Gasteiger charge is -2.11. The Hall–Kier alpha value is -12.5. The Kier molecular flexibility index (Phi) is 12.6. The zero-order valence-corrected chi connectivity index (χ0v) is 58.7. The molecule has 0 aliphatic heterocycles. The molecule has 104 heavy (non-hydrogen) atoms. The molecule has 0 fully saturated rings. The van der Waals surface area contributed by atoms with Crippen LogP contribution < -0.4 is 0 Å². The van der Waals surface area contributed by atoms with Gasteiger partial charge in [-0.3, -0.25) is 0 Å². The number of nitrogens with one attached hydrogen (secondary N) is 2. The molecule has 0 amide bonds. The molecule has 0 saturated carbocycles. The Bertz CT molecular complexity index is 7730. The first-order valence-corrected chi connectivity index (χ1v) is 38.3. The minimum absolute atomic E-state index is 0.735. The highest BCUT2D eigenvalue weighted by molar-refractivity contribution is 7.27. The molecule has 6 nitrogen and oxygen atoms in total. The molecule has 0 atom stereocenters. The third-order valence-corrected chi connectivity index (χ3v) is 26.1. The molecule has 0 unspecified atom stereocenters. The first kappa shape index (κ1) is 58.1. The van der Waals surface area contributed by atoms with E-state index in [0.29, 0.717) is 0 Å². The van der Waals surface area contributed by atoms with Gasteiger partial charge in [-0.2, -0.15) is 0 Å². The second-order valence-electron chi connectivity index (χ2n) is 27.2. The summed E-state index contributed by atoms with van der Waals surface area (Å²) in [7, 11) is 0. The lowest BCUT2D eigenvalue weighted by molar-refractivity contribution is 1.18. The largest absolute Gasteiger partial charge is 0.353 e. The van der Waals surface area contributed by atoms with Gasteiger partial charge in [-0.1, -0.05) is 218 Å². The molecular formula is C94H54N6S4. The van der Waals surface area contributed by atoms with Gasteiger partial charge in [-0.15, -0.1) is 45.3 Å². The number of hydrogen-bond acceptors (Lipinski definition) is 6. The van der Waals surface area contributed by atoms with E-state index in [2.05, 4.69) is 335 Å². The highest BCUT2D eigenvalue weighted by atomic mass is 32.1. The predicted molar refractivity (Wildman–Crippen MR) is 449 cm³/mol. The molecule has 9 aromatic heterocycles. The Morgan fingerprint density at radius 2 is 0.760 bits per heavy atom. The van der Waals surface area contributed by atoms with E-state index in [1.165, 1.54) is 175 Å². The van der Waals surface area contributed by atoms with Crippen molar-refractivity contribution >= 4 is 213 Å². The number of fused-ring (bicyclic) bond motifs is 26. The number of para-hydroxylation sites is 5. The number of rotatable bonds is 6. The topological polar surface area (TPSA) is 67.2 Å². The van der Waals surface area contributed by atoms with Gasteiger partial charge in [0.05, 0.1) is 58.4 Å². The molecular weight excluding hydrogens is 1340 g/mol. The highest BCUT2D eigenvalue weighted by Gasteiger charge is 2.24. The molecule has 24 rings (SSSR count). The van der Waals surface area contributed by atoms with E-state index >= 15 is 0 Å². The third-order valence-electron chi connectivity index (χ3n) is 21.5. The van der Waals surface area contributed by atoms with Gasteiger partial charge in [0.15, 0.2) is 5.82 Å². The number of aromatic nitrogens is 6. The van der Waals surface area contributed by atoms with E-state index in [0.717, 1.165) is 49.7 Å². The van der Waals surface area contributed by atoms with Crippen molar-refractivity contribution in [3.63, 3.8) is 0 Å². The maximum atomic E-state index is 5.20. The van der Waals surface area contributed by atoms with E-state index in [4.69, 9.17) is 9.97 Å². The first-order chi connectivity index (χ1) is 51.5. The van der Waals surface area contributed by atoms with Crippen molar-refractivity contribution < 1.29 is 0 Å². The van der Waals surface area contributed by atoms with Gasteiger partial charge in [0, 0.05) is 138 Å². The minimum atomic E-state index is 0.735. The number of nitrogens with zero attached hydrogens (tertiary/aromatic N) is 4. The minimum Gasteiger partial charge on any atom is -0.353 e. The quantitative estimate of drug-likeness (QED) is 0.174. The maximum Gasteiger partial charge on any atom is 0.160 e. The maximum absolute atomic E-state index is 5.20. The van der Waals surface area contributed by atoms with E-state index in [1.807, 2.05) is 34.0 Å². The summed E-state index contributed by atoms with van der Waals surface area (Å²) in [5.74, 6) is 0.735. The first-order valence-electron chi connectivity index (χ1n) is 35.1. The summed E-state index contributed by atoms with van der Waals surface area (Å²) in [6.45, 7) is 0. The molecule has 9 heterocycles. The Labute approximate surface area is 609 Å². The van der Waals surface area contributed by atoms with Crippen molar-refractivity contribution in [2.24, 2.45) is 0 Å². The molecule has 24 aromatic rings. The van der Waals surface area contributed by atoms with Gasteiger partial charge in [0.1, 0.15) is 0 Å². The van der Waals surface area contributed by atoms with Crippen LogP contribution in [0.3, 0.4) is 0 Å². The molecule has 2 N–H and O–H groups in total. The van der Waals surface area contributed by atoms with E-state index in [9.17, 15) is 0 Å². The Balaban J connectivity index is 0.000000131. The van der Waals surface area contributed by atoms with Crippen LogP contribution in [0.4, 0.5) is 0 Å². The van der Waals surface area contributed by atoms with Crippen LogP contribution in [0.25, 0.3) is 224 Å². The van der Waals surface area contributed by atoms with E-state index in [1.54, 1.807) is 11.3 Å². The lowest BCUT2D eigenvalue weighted by Crippen LogP contribution is -1.95. The van der Waals surface area contributed by atoms with E-state index < -0.39 is 0 Å². The fourth-order valence-electron chi connectivity index (χ4n) is 16.7. The molecule has 0 radical (unpaired) electrons. The van der Waals surface area contributed by atoms with E-state index in [-0.39, 0.29) is 0 Å². The fourth-order valence-corrected chi connectivity index (χ4v) is 21.5. The SMILES string of the molecule is c1ccc(-c2nc(-c3ccc(-c4cccc(-n5c6ccccc6c6cc7c(cc65)sc5c7ccc6c7ccccc7[nH]c65)c4)cc3)nc3c2sc2ccccc23)cc1.c1ccc(-n2c3ccccc3c3cc4c(cc32)sc2c4cc(-c3ccc4c(c3)sc3ccccc34)c3c4ccccc4[nH]c23)cc1. The van der Waals surface area contributed by atoms with Crippen molar-refractivity contribution in [2.45, 2.75) is 0 Å². The average Bonchev–Trinajstić information content (AvgIpc) is 1.56. The smallest absolute Gasteiger partial charge is 0.160 e. The Morgan fingerprint density at radius 1 is 0.250 bits per heavy atom. The second-order valence-corrected chi connectivity index (χ2v) is 31.4. The van der Waals surface area contributed by atoms with Crippen LogP contribution in [-0.4, -0.2) is 29.1 Å². The van der Waals surface area contributed by atoms with Crippen LogP contribution in [0.15, 0.2) is 315 Å². The molecule has 10 heteroatoms. The van der Waals surface area contributed by atoms with Gasteiger partial charge in [0.2, 0.25) is 0 Å². The monoisotopic (exact) mass is 1390 g/mol. The number of H-pyrrole nitrogens is 2. The van der Waals surface area contributed by atoms with Gasteiger partial charge in [0.25, 0.3) is 0 Å². The normalized spacial score (nSPS) is 12.2. The molecule has 0 spiro atoms.